The van der Waals surface area contributed by atoms with Crippen LogP contribution in [-0.2, 0) is 6.42 Å². The zero-order chi connectivity index (χ0) is 18.4. The van der Waals surface area contributed by atoms with Gasteiger partial charge >= 0.3 is 5.69 Å². The third-order valence-electron chi connectivity index (χ3n) is 6.35. The second-order valence-corrected chi connectivity index (χ2v) is 8.21. The summed E-state index contributed by atoms with van der Waals surface area (Å²) in [7, 11) is 0. The van der Waals surface area contributed by atoms with E-state index in [2.05, 4.69) is 22.0 Å². The molecule has 2 heterocycles. The van der Waals surface area contributed by atoms with Gasteiger partial charge in [-0.3, -0.25) is 9.47 Å². The third kappa shape index (κ3) is 2.91. The van der Waals surface area contributed by atoms with Crippen molar-refractivity contribution in [2.75, 3.05) is 13.1 Å². The van der Waals surface area contributed by atoms with Crippen molar-refractivity contribution in [2.24, 2.45) is 0 Å². The van der Waals surface area contributed by atoms with Crippen LogP contribution in [0.15, 0.2) is 47.3 Å². The summed E-state index contributed by atoms with van der Waals surface area (Å²) in [4.78, 5) is 18.1. The molecule has 1 atom stereocenters. The number of halogens is 1. The molecule has 1 fully saturated rings. The number of H-pyrrole nitrogens is 1. The van der Waals surface area contributed by atoms with E-state index < -0.39 is 0 Å². The van der Waals surface area contributed by atoms with Crippen LogP contribution in [0.3, 0.4) is 0 Å². The Morgan fingerprint density at radius 3 is 2.67 bits per heavy atom. The highest BCUT2D eigenvalue weighted by molar-refractivity contribution is 6.31. The number of nitrogens with one attached hydrogen (secondary N) is 1. The second kappa shape index (κ2) is 6.84. The maximum atomic E-state index is 12.5. The highest BCUT2D eigenvalue weighted by Gasteiger charge is 2.31. The largest absolute Gasteiger partial charge is 0.326 e. The topological polar surface area (TPSA) is 41.0 Å². The number of nitrogens with zero attached hydrogens (tertiary/aromatic N) is 2. The number of hydrogen-bond acceptors (Lipinski definition) is 2. The average Bonchev–Trinajstić information content (AvgIpc) is 3.04. The molecule has 2 aliphatic rings. The molecule has 1 aromatic heterocycles. The van der Waals surface area contributed by atoms with Crippen LogP contribution < -0.4 is 5.69 Å². The number of aromatic nitrogens is 2. The van der Waals surface area contributed by atoms with Gasteiger partial charge in [-0.1, -0.05) is 35.9 Å². The molecule has 1 unspecified atom stereocenters. The van der Waals surface area contributed by atoms with Crippen LogP contribution in [0.4, 0.5) is 0 Å². The van der Waals surface area contributed by atoms with E-state index in [0.717, 1.165) is 48.4 Å². The summed E-state index contributed by atoms with van der Waals surface area (Å²) in [6.07, 6.45) is 5.50. The summed E-state index contributed by atoms with van der Waals surface area (Å²) in [5.41, 5.74) is 4.72. The fraction of sp³-hybridized carbons (Fsp3) is 0.409. The van der Waals surface area contributed by atoms with Crippen molar-refractivity contribution in [3.05, 3.63) is 69.1 Å². The van der Waals surface area contributed by atoms with E-state index >= 15 is 0 Å². The summed E-state index contributed by atoms with van der Waals surface area (Å²) >= 11 is 6.45. The molecule has 140 valence electrons. The molecule has 0 radical (unpaired) electrons. The van der Waals surface area contributed by atoms with Gasteiger partial charge in [-0.2, -0.15) is 0 Å². The Labute approximate surface area is 163 Å². The van der Waals surface area contributed by atoms with Crippen LogP contribution in [0, 0.1) is 0 Å². The van der Waals surface area contributed by atoms with E-state index in [0.29, 0.717) is 6.04 Å². The van der Waals surface area contributed by atoms with Gasteiger partial charge in [0.15, 0.2) is 0 Å². The minimum Gasteiger partial charge on any atom is -0.306 e. The van der Waals surface area contributed by atoms with E-state index in [1.807, 2.05) is 34.9 Å². The predicted molar refractivity (Wildman–Crippen MR) is 110 cm³/mol. The smallest absolute Gasteiger partial charge is 0.306 e. The van der Waals surface area contributed by atoms with Crippen LogP contribution in [0.25, 0.3) is 11.0 Å². The predicted octanol–water partition coefficient (Wildman–Crippen LogP) is 4.70. The van der Waals surface area contributed by atoms with Crippen LogP contribution in [0.5, 0.6) is 0 Å². The zero-order valence-electron chi connectivity index (χ0n) is 15.3. The minimum absolute atomic E-state index is 0.0180. The van der Waals surface area contributed by atoms with Gasteiger partial charge in [-0.05, 0) is 61.4 Å². The van der Waals surface area contributed by atoms with Crippen molar-refractivity contribution in [3.63, 3.8) is 0 Å². The summed E-state index contributed by atoms with van der Waals surface area (Å²) < 4.78 is 1.97. The Kier molecular flexibility index (Phi) is 4.33. The van der Waals surface area contributed by atoms with Gasteiger partial charge in [0, 0.05) is 30.2 Å². The molecule has 5 rings (SSSR count). The van der Waals surface area contributed by atoms with Crippen LogP contribution in [-0.4, -0.2) is 27.5 Å². The maximum Gasteiger partial charge on any atom is 0.326 e. The number of hydrogen-bond donors (Lipinski definition) is 1. The highest BCUT2D eigenvalue weighted by atomic mass is 35.5. The van der Waals surface area contributed by atoms with Crippen molar-refractivity contribution < 1.29 is 0 Å². The maximum absolute atomic E-state index is 12.5. The molecule has 2 aromatic carbocycles. The molecule has 3 aromatic rings. The molecule has 0 spiro atoms. The van der Waals surface area contributed by atoms with Crippen molar-refractivity contribution in [1.29, 1.82) is 0 Å². The standard InChI is InChI=1S/C22H24ClN3O/c23-18-7-3-6-17-16(18)5-4-10-20(17)25-13-11-15(12-14-25)26-21-9-2-1-8-19(21)24-22(26)27/h1-3,6-9,15,20H,4-5,10-14H2,(H,24,27). The molecular weight excluding hydrogens is 358 g/mol. The van der Waals surface area contributed by atoms with Gasteiger partial charge in [-0.15, -0.1) is 0 Å². The number of likely N-dealkylation sites (tertiary alicyclic amines) is 1. The molecule has 0 saturated carbocycles. The van der Waals surface area contributed by atoms with E-state index in [-0.39, 0.29) is 11.7 Å². The molecule has 1 saturated heterocycles. The van der Waals surface area contributed by atoms with Crippen molar-refractivity contribution in [1.82, 2.24) is 14.5 Å². The summed E-state index contributed by atoms with van der Waals surface area (Å²) in [5, 5.41) is 0.914. The third-order valence-corrected chi connectivity index (χ3v) is 6.70. The molecule has 1 aliphatic heterocycles. The van der Waals surface area contributed by atoms with E-state index in [9.17, 15) is 4.79 Å². The Bertz CT molecular complexity index is 1030. The number of imidazole rings is 1. The first-order valence-electron chi connectivity index (χ1n) is 9.93. The number of benzene rings is 2. The van der Waals surface area contributed by atoms with Crippen LogP contribution in [0.2, 0.25) is 5.02 Å². The van der Waals surface area contributed by atoms with Gasteiger partial charge in [0.2, 0.25) is 0 Å². The first-order valence-corrected chi connectivity index (χ1v) is 10.3. The summed E-state index contributed by atoms with van der Waals surface area (Å²) in [5.74, 6) is 0. The van der Waals surface area contributed by atoms with E-state index in [4.69, 9.17) is 11.6 Å². The van der Waals surface area contributed by atoms with Gasteiger partial charge in [0.05, 0.1) is 11.0 Å². The highest BCUT2D eigenvalue weighted by Crippen LogP contribution is 2.39. The second-order valence-electron chi connectivity index (χ2n) is 7.80. The molecule has 4 nitrogen and oxygen atoms in total. The lowest BCUT2D eigenvalue weighted by atomic mass is 9.85. The average molecular weight is 382 g/mol. The lowest BCUT2D eigenvalue weighted by molar-refractivity contribution is 0.123. The summed E-state index contributed by atoms with van der Waals surface area (Å²) in [6, 6.07) is 15.1. The van der Waals surface area contributed by atoms with Gasteiger partial charge in [0.1, 0.15) is 0 Å². The Balaban J connectivity index is 1.38. The first kappa shape index (κ1) is 17.1. The number of piperidine rings is 1. The summed E-state index contributed by atoms with van der Waals surface area (Å²) in [6.45, 7) is 2.04. The Hall–Kier alpha value is -2.04. The fourth-order valence-corrected chi connectivity index (χ4v) is 5.33. The minimum atomic E-state index is 0.0180. The quantitative estimate of drug-likeness (QED) is 0.699. The lowest BCUT2D eigenvalue weighted by Gasteiger charge is -2.40. The van der Waals surface area contributed by atoms with Crippen molar-refractivity contribution in [3.8, 4) is 0 Å². The zero-order valence-corrected chi connectivity index (χ0v) is 16.1. The molecule has 27 heavy (non-hydrogen) atoms. The molecule has 5 heteroatoms. The number of aromatic amines is 1. The fourth-order valence-electron chi connectivity index (χ4n) is 5.05. The van der Waals surface area contributed by atoms with E-state index in [1.165, 1.54) is 24.0 Å². The molecule has 0 bridgehead atoms. The molecule has 1 aliphatic carbocycles. The number of fused-ring (bicyclic) bond motifs is 2. The first-order chi connectivity index (χ1) is 13.2. The van der Waals surface area contributed by atoms with Gasteiger partial charge in [0.25, 0.3) is 0 Å². The van der Waals surface area contributed by atoms with Gasteiger partial charge in [-0.25, -0.2) is 4.79 Å². The Morgan fingerprint density at radius 2 is 1.81 bits per heavy atom. The number of rotatable bonds is 2. The normalized spacial score (nSPS) is 21.4. The van der Waals surface area contributed by atoms with E-state index in [1.54, 1.807) is 0 Å². The number of para-hydroxylation sites is 2. The van der Waals surface area contributed by atoms with Crippen LogP contribution in [0.1, 0.15) is 48.9 Å². The lowest BCUT2D eigenvalue weighted by Crippen LogP contribution is -2.40. The molecule has 1 N–H and O–H groups in total. The van der Waals surface area contributed by atoms with Crippen molar-refractivity contribution in [2.45, 2.75) is 44.2 Å². The SMILES string of the molecule is O=c1[nH]c2ccccc2n1C1CCN(C2CCCc3c(Cl)cccc32)CC1. The van der Waals surface area contributed by atoms with Crippen molar-refractivity contribution >= 4 is 22.6 Å². The van der Waals surface area contributed by atoms with Crippen LogP contribution >= 0.6 is 11.6 Å². The monoisotopic (exact) mass is 381 g/mol. The molecular formula is C22H24ClN3O. The van der Waals surface area contributed by atoms with Gasteiger partial charge < -0.3 is 4.98 Å². The molecule has 0 amide bonds. The Morgan fingerprint density at radius 1 is 1.00 bits per heavy atom.